The highest BCUT2D eigenvalue weighted by Gasteiger charge is 2.22. The lowest BCUT2D eigenvalue weighted by atomic mass is 10.0. The van der Waals surface area contributed by atoms with E-state index in [9.17, 15) is 0 Å². The van der Waals surface area contributed by atoms with Crippen LogP contribution in [0.5, 0.6) is 0 Å². The van der Waals surface area contributed by atoms with Gasteiger partial charge in [0.25, 0.3) is 0 Å². The molecule has 1 aliphatic carbocycles. The Morgan fingerprint density at radius 3 is 2.94 bits per heavy atom. The van der Waals surface area contributed by atoms with Crippen LogP contribution in [0.2, 0.25) is 0 Å². The Bertz CT molecular complexity index is 290. The highest BCUT2D eigenvalue weighted by atomic mass is 32.1. The molecule has 1 unspecified atom stereocenters. The van der Waals surface area contributed by atoms with Crippen LogP contribution in [-0.2, 0) is 6.42 Å². The number of aryl methyl sites for hydroxylation is 1. The van der Waals surface area contributed by atoms with Crippen molar-refractivity contribution in [3.8, 4) is 0 Å². The number of nitrogens with one attached hydrogen (secondary N) is 1. The summed E-state index contributed by atoms with van der Waals surface area (Å²) in [6.07, 6.45) is 9.78. The first-order chi connectivity index (χ1) is 8.38. The van der Waals surface area contributed by atoms with Crippen LogP contribution < -0.4 is 5.32 Å². The van der Waals surface area contributed by atoms with E-state index in [2.05, 4.69) is 29.8 Å². The Morgan fingerprint density at radius 2 is 2.29 bits per heavy atom. The van der Waals surface area contributed by atoms with Crippen molar-refractivity contribution in [1.82, 2.24) is 5.32 Å². The summed E-state index contributed by atoms with van der Waals surface area (Å²) in [6, 6.07) is 5.19. The van der Waals surface area contributed by atoms with Crippen molar-refractivity contribution in [3.63, 3.8) is 0 Å². The first-order valence-electron chi connectivity index (χ1n) is 7.14. The van der Waals surface area contributed by atoms with Gasteiger partial charge in [-0.3, -0.25) is 0 Å². The van der Waals surface area contributed by atoms with Crippen LogP contribution in [0.1, 0.15) is 50.3 Å². The molecule has 1 nitrogen and oxygen atoms in total. The fraction of sp³-hybridized carbons (Fsp3) is 0.733. The summed E-state index contributed by atoms with van der Waals surface area (Å²) in [4.78, 5) is 1.54. The third kappa shape index (κ3) is 5.22. The van der Waals surface area contributed by atoms with Crippen LogP contribution in [0.3, 0.4) is 0 Å². The van der Waals surface area contributed by atoms with Gasteiger partial charge in [0.15, 0.2) is 0 Å². The molecule has 17 heavy (non-hydrogen) atoms. The Labute approximate surface area is 110 Å². The predicted octanol–water partition coefficient (Wildman–Crippen LogP) is 4.24. The summed E-state index contributed by atoms with van der Waals surface area (Å²) in [7, 11) is 0. The van der Waals surface area contributed by atoms with E-state index in [1.165, 1.54) is 44.9 Å². The van der Waals surface area contributed by atoms with E-state index < -0.39 is 0 Å². The number of hydrogen-bond acceptors (Lipinski definition) is 2. The minimum Gasteiger partial charge on any atom is -0.314 e. The minimum absolute atomic E-state index is 0.764. The average Bonchev–Trinajstić information content (AvgIpc) is 3.02. The van der Waals surface area contributed by atoms with E-state index in [-0.39, 0.29) is 0 Å². The third-order valence-electron chi connectivity index (χ3n) is 3.67. The monoisotopic (exact) mass is 251 g/mol. The second kappa shape index (κ2) is 7.17. The molecule has 2 rings (SSSR count). The maximum absolute atomic E-state index is 3.65. The molecule has 1 aromatic rings. The Balaban J connectivity index is 1.61. The maximum Gasteiger partial charge on any atom is 0.00671 e. The molecule has 96 valence electrons. The second-order valence-corrected chi connectivity index (χ2v) is 6.28. The fourth-order valence-electron chi connectivity index (χ4n) is 2.46. The summed E-state index contributed by atoms with van der Waals surface area (Å²) >= 11 is 1.90. The van der Waals surface area contributed by atoms with E-state index in [0.717, 1.165) is 18.5 Å². The standard InChI is InChI=1S/C15H25NS/c1-2-16-14(11-10-13-8-9-13)5-3-6-15-7-4-12-17-15/h4,7,12-14,16H,2-3,5-6,8-11H2,1H3. The molecule has 0 spiro atoms. The van der Waals surface area contributed by atoms with Crippen LogP contribution >= 0.6 is 11.3 Å². The Kier molecular flexibility index (Phi) is 5.53. The lowest BCUT2D eigenvalue weighted by Gasteiger charge is -2.17. The molecule has 1 atom stereocenters. The zero-order chi connectivity index (χ0) is 11.9. The molecular formula is C15H25NS. The van der Waals surface area contributed by atoms with Gasteiger partial charge < -0.3 is 5.32 Å². The third-order valence-corrected chi connectivity index (χ3v) is 4.61. The quantitative estimate of drug-likeness (QED) is 0.692. The smallest absolute Gasteiger partial charge is 0.00671 e. The summed E-state index contributed by atoms with van der Waals surface area (Å²) in [6.45, 7) is 3.34. The normalized spacial score (nSPS) is 17.2. The van der Waals surface area contributed by atoms with Crippen LogP contribution in [0.15, 0.2) is 17.5 Å². The van der Waals surface area contributed by atoms with Crippen molar-refractivity contribution in [2.24, 2.45) is 5.92 Å². The molecule has 1 aliphatic rings. The van der Waals surface area contributed by atoms with Gasteiger partial charge in [0, 0.05) is 10.9 Å². The van der Waals surface area contributed by atoms with Crippen LogP contribution in [-0.4, -0.2) is 12.6 Å². The average molecular weight is 251 g/mol. The molecule has 1 fully saturated rings. The summed E-state index contributed by atoms with van der Waals surface area (Å²) in [5.74, 6) is 1.08. The van der Waals surface area contributed by atoms with Crippen molar-refractivity contribution in [3.05, 3.63) is 22.4 Å². The predicted molar refractivity (Wildman–Crippen MR) is 76.7 cm³/mol. The van der Waals surface area contributed by atoms with Crippen LogP contribution in [0.4, 0.5) is 0 Å². The van der Waals surface area contributed by atoms with Crippen LogP contribution in [0.25, 0.3) is 0 Å². The number of hydrogen-bond donors (Lipinski definition) is 1. The molecule has 1 heterocycles. The highest BCUT2D eigenvalue weighted by Crippen LogP contribution is 2.34. The van der Waals surface area contributed by atoms with Crippen molar-refractivity contribution in [1.29, 1.82) is 0 Å². The van der Waals surface area contributed by atoms with E-state index in [1.54, 1.807) is 4.88 Å². The van der Waals surface area contributed by atoms with Gasteiger partial charge in [-0.15, -0.1) is 11.3 Å². The van der Waals surface area contributed by atoms with Gasteiger partial charge in [0.1, 0.15) is 0 Å². The molecule has 0 amide bonds. The molecule has 2 heteroatoms. The van der Waals surface area contributed by atoms with Gasteiger partial charge in [-0.25, -0.2) is 0 Å². The highest BCUT2D eigenvalue weighted by molar-refractivity contribution is 7.09. The first kappa shape index (κ1) is 13.1. The zero-order valence-corrected chi connectivity index (χ0v) is 11.8. The number of thiophene rings is 1. The topological polar surface area (TPSA) is 12.0 Å². The largest absolute Gasteiger partial charge is 0.314 e. The first-order valence-corrected chi connectivity index (χ1v) is 8.02. The lowest BCUT2D eigenvalue weighted by molar-refractivity contribution is 0.430. The summed E-state index contributed by atoms with van der Waals surface area (Å²) in [5, 5.41) is 5.83. The Hall–Kier alpha value is -0.340. The molecule has 0 aromatic carbocycles. The van der Waals surface area contributed by atoms with E-state index >= 15 is 0 Å². The van der Waals surface area contributed by atoms with Gasteiger partial charge in [-0.1, -0.05) is 25.8 Å². The molecule has 1 N–H and O–H groups in total. The molecule has 1 aromatic heterocycles. The molecule has 1 saturated carbocycles. The van der Waals surface area contributed by atoms with Gasteiger partial charge in [0.05, 0.1) is 0 Å². The molecule has 0 saturated heterocycles. The molecule has 0 aliphatic heterocycles. The SMILES string of the molecule is CCNC(CCCc1cccs1)CCC1CC1. The van der Waals surface area contributed by atoms with Crippen molar-refractivity contribution < 1.29 is 0 Å². The van der Waals surface area contributed by atoms with Gasteiger partial charge >= 0.3 is 0 Å². The fourth-order valence-corrected chi connectivity index (χ4v) is 3.21. The maximum atomic E-state index is 3.65. The van der Waals surface area contributed by atoms with E-state index in [1.807, 2.05) is 11.3 Å². The number of rotatable bonds is 9. The summed E-state index contributed by atoms with van der Waals surface area (Å²) in [5.41, 5.74) is 0. The minimum atomic E-state index is 0.764. The molecule has 0 radical (unpaired) electrons. The van der Waals surface area contributed by atoms with E-state index in [0.29, 0.717) is 0 Å². The Morgan fingerprint density at radius 1 is 1.41 bits per heavy atom. The van der Waals surface area contributed by atoms with Gasteiger partial charge in [-0.05, 0) is 56.0 Å². The van der Waals surface area contributed by atoms with Gasteiger partial charge in [0.2, 0.25) is 0 Å². The van der Waals surface area contributed by atoms with Crippen molar-refractivity contribution in [2.75, 3.05) is 6.54 Å². The van der Waals surface area contributed by atoms with Crippen molar-refractivity contribution in [2.45, 2.75) is 57.9 Å². The van der Waals surface area contributed by atoms with E-state index in [4.69, 9.17) is 0 Å². The molecular weight excluding hydrogens is 226 g/mol. The lowest BCUT2D eigenvalue weighted by Crippen LogP contribution is -2.29. The molecule has 0 bridgehead atoms. The van der Waals surface area contributed by atoms with Crippen molar-refractivity contribution >= 4 is 11.3 Å². The summed E-state index contributed by atoms with van der Waals surface area (Å²) < 4.78 is 0. The second-order valence-electron chi connectivity index (χ2n) is 5.25. The van der Waals surface area contributed by atoms with Gasteiger partial charge in [-0.2, -0.15) is 0 Å². The van der Waals surface area contributed by atoms with Crippen LogP contribution in [0, 0.1) is 5.92 Å². The zero-order valence-electron chi connectivity index (χ0n) is 11.0.